The van der Waals surface area contributed by atoms with Gasteiger partial charge in [0.25, 0.3) is 0 Å². The molecule has 1 aliphatic heterocycles. The third-order valence-electron chi connectivity index (χ3n) is 4.39. The largest absolute Gasteiger partial charge is 0.444 e. The van der Waals surface area contributed by atoms with Crippen molar-refractivity contribution in [2.45, 2.75) is 59.0 Å². The fourth-order valence-electron chi connectivity index (χ4n) is 3.37. The van der Waals surface area contributed by atoms with E-state index < -0.39 is 0 Å². The third-order valence-corrected chi connectivity index (χ3v) is 4.39. The number of fused-ring (bicyclic) bond motifs is 1. The molecule has 2 rings (SSSR count). The number of carbonyl (C=O) groups excluding carboxylic acids is 1. The van der Waals surface area contributed by atoms with Crippen LogP contribution in [0.3, 0.4) is 0 Å². The maximum Gasteiger partial charge on any atom is 0.410 e. The van der Waals surface area contributed by atoms with Crippen LogP contribution >= 0.6 is 0 Å². The second kappa shape index (κ2) is 5.10. The average Bonchev–Trinajstić information content (AvgIpc) is 2.69. The van der Waals surface area contributed by atoms with Gasteiger partial charge in [-0.2, -0.15) is 0 Å². The van der Waals surface area contributed by atoms with Crippen molar-refractivity contribution >= 4 is 6.09 Å². The van der Waals surface area contributed by atoms with Crippen molar-refractivity contribution in [2.75, 3.05) is 13.1 Å². The van der Waals surface area contributed by atoms with Crippen molar-refractivity contribution in [1.29, 1.82) is 0 Å². The van der Waals surface area contributed by atoms with Gasteiger partial charge in [-0.25, -0.2) is 4.79 Å². The number of amides is 1. The number of ether oxygens (including phenoxy) is 1. The molecule has 1 amide bonds. The predicted molar refractivity (Wildman–Crippen MR) is 72.4 cm³/mol. The van der Waals surface area contributed by atoms with Gasteiger partial charge < -0.3 is 9.64 Å². The number of hydrogen-bond donors (Lipinski definition) is 0. The molecule has 18 heavy (non-hydrogen) atoms. The summed E-state index contributed by atoms with van der Waals surface area (Å²) in [5.74, 6) is 2.32. The minimum absolute atomic E-state index is 0.120. The molecule has 1 unspecified atom stereocenters. The van der Waals surface area contributed by atoms with Crippen LogP contribution < -0.4 is 0 Å². The zero-order valence-corrected chi connectivity index (χ0v) is 12.2. The Bertz CT molecular complexity index is 308. The molecule has 1 saturated heterocycles. The van der Waals surface area contributed by atoms with Gasteiger partial charge in [0.2, 0.25) is 0 Å². The first kappa shape index (κ1) is 13.7. The Balaban J connectivity index is 1.90. The van der Waals surface area contributed by atoms with E-state index >= 15 is 0 Å². The second-order valence-corrected chi connectivity index (χ2v) is 6.99. The van der Waals surface area contributed by atoms with E-state index in [-0.39, 0.29) is 11.7 Å². The summed E-state index contributed by atoms with van der Waals surface area (Å²) in [7, 11) is 0. The molecule has 2 fully saturated rings. The molecule has 3 nitrogen and oxygen atoms in total. The molecular weight excluding hydrogens is 226 g/mol. The van der Waals surface area contributed by atoms with E-state index in [1.54, 1.807) is 0 Å². The van der Waals surface area contributed by atoms with Crippen molar-refractivity contribution in [3.05, 3.63) is 0 Å². The van der Waals surface area contributed by atoms with Crippen molar-refractivity contribution < 1.29 is 9.53 Å². The fourth-order valence-corrected chi connectivity index (χ4v) is 3.37. The quantitative estimate of drug-likeness (QED) is 0.713. The van der Waals surface area contributed by atoms with Gasteiger partial charge in [-0.1, -0.05) is 19.8 Å². The molecule has 0 aromatic carbocycles. The lowest BCUT2D eigenvalue weighted by Crippen LogP contribution is -2.35. The molecular formula is C15H27NO2. The highest BCUT2D eigenvalue weighted by atomic mass is 16.6. The molecule has 0 radical (unpaired) electrons. The van der Waals surface area contributed by atoms with Crippen LogP contribution in [-0.2, 0) is 4.74 Å². The molecule has 0 spiro atoms. The Labute approximate surface area is 111 Å². The van der Waals surface area contributed by atoms with Crippen LogP contribution in [0.1, 0.15) is 53.4 Å². The van der Waals surface area contributed by atoms with Gasteiger partial charge in [0.05, 0.1) is 0 Å². The summed E-state index contributed by atoms with van der Waals surface area (Å²) in [5.41, 5.74) is -0.378. The summed E-state index contributed by atoms with van der Waals surface area (Å²) in [6.45, 7) is 9.90. The minimum atomic E-state index is -0.378. The van der Waals surface area contributed by atoms with Crippen LogP contribution in [0, 0.1) is 17.8 Å². The van der Waals surface area contributed by atoms with Gasteiger partial charge >= 0.3 is 6.09 Å². The number of carbonyl (C=O) groups is 1. The summed E-state index contributed by atoms with van der Waals surface area (Å²) in [5, 5.41) is 0. The molecule has 1 aliphatic carbocycles. The van der Waals surface area contributed by atoms with Gasteiger partial charge in [-0.3, -0.25) is 0 Å². The first-order valence-corrected chi connectivity index (χ1v) is 7.37. The summed E-state index contributed by atoms with van der Waals surface area (Å²) in [6, 6.07) is 0. The molecule has 3 atom stereocenters. The van der Waals surface area contributed by atoms with E-state index in [1.807, 2.05) is 25.7 Å². The zero-order chi connectivity index (χ0) is 13.3. The zero-order valence-electron chi connectivity index (χ0n) is 12.2. The van der Waals surface area contributed by atoms with Crippen molar-refractivity contribution in [2.24, 2.45) is 17.8 Å². The van der Waals surface area contributed by atoms with Gasteiger partial charge in [0, 0.05) is 13.1 Å². The Morgan fingerprint density at radius 2 is 1.89 bits per heavy atom. The molecule has 1 saturated carbocycles. The van der Waals surface area contributed by atoms with Crippen LogP contribution in [0.25, 0.3) is 0 Å². The normalized spacial score (nSPS) is 32.2. The number of nitrogens with zero attached hydrogens (tertiary/aromatic N) is 1. The van der Waals surface area contributed by atoms with Crippen LogP contribution in [0.4, 0.5) is 4.79 Å². The van der Waals surface area contributed by atoms with Gasteiger partial charge in [0.1, 0.15) is 5.60 Å². The molecule has 3 heteroatoms. The highest BCUT2D eigenvalue weighted by Crippen LogP contribution is 2.40. The first-order chi connectivity index (χ1) is 8.39. The molecule has 104 valence electrons. The van der Waals surface area contributed by atoms with Gasteiger partial charge in [-0.15, -0.1) is 0 Å². The van der Waals surface area contributed by atoms with E-state index in [2.05, 4.69) is 6.92 Å². The van der Waals surface area contributed by atoms with Crippen LogP contribution in [0.2, 0.25) is 0 Å². The summed E-state index contributed by atoms with van der Waals surface area (Å²) < 4.78 is 5.47. The Morgan fingerprint density at radius 1 is 1.22 bits per heavy atom. The second-order valence-electron chi connectivity index (χ2n) is 6.99. The highest BCUT2D eigenvalue weighted by molar-refractivity contribution is 5.68. The molecule has 0 N–H and O–H groups in total. The first-order valence-electron chi connectivity index (χ1n) is 7.37. The van der Waals surface area contributed by atoms with Crippen LogP contribution in [0.5, 0.6) is 0 Å². The molecule has 0 aromatic rings. The lowest BCUT2D eigenvalue weighted by molar-refractivity contribution is 0.0284. The summed E-state index contributed by atoms with van der Waals surface area (Å²) in [4.78, 5) is 14.0. The van der Waals surface area contributed by atoms with Crippen LogP contribution in [0.15, 0.2) is 0 Å². The van der Waals surface area contributed by atoms with E-state index in [1.165, 1.54) is 25.7 Å². The maximum atomic E-state index is 12.1. The standard InChI is InChI=1S/C15H27NO2/c1-5-11-6-7-12-9-16(10-13(12)8-11)14(17)18-15(2,3)4/h11-13H,5-10H2,1-4H3/t11?,12-,13+/m1/s1. The fraction of sp³-hybridized carbons (Fsp3) is 0.933. The highest BCUT2D eigenvalue weighted by Gasteiger charge is 2.40. The lowest BCUT2D eigenvalue weighted by Gasteiger charge is -2.29. The Morgan fingerprint density at radius 3 is 2.50 bits per heavy atom. The predicted octanol–water partition coefficient (Wildman–Crippen LogP) is 3.68. The van der Waals surface area contributed by atoms with Crippen molar-refractivity contribution in [3.8, 4) is 0 Å². The Kier molecular flexibility index (Phi) is 3.88. The summed E-state index contributed by atoms with van der Waals surface area (Å²) in [6.07, 6.45) is 5.11. The van der Waals surface area contributed by atoms with Crippen LogP contribution in [-0.4, -0.2) is 29.7 Å². The molecule has 1 heterocycles. The number of likely N-dealkylation sites (tertiary alicyclic amines) is 1. The number of hydrogen-bond acceptors (Lipinski definition) is 2. The van der Waals surface area contributed by atoms with Gasteiger partial charge in [0.15, 0.2) is 0 Å². The van der Waals surface area contributed by atoms with E-state index in [4.69, 9.17) is 4.74 Å². The number of rotatable bonds is 1. The van der Waals surface area contributed by atoms with Gasteiger partial charge in [-0.05, 0) is 51.4 Å². The summed E-state index contributed by atoms with van der Waals surface area (Å²) >= 11 is 0. The van der Waals surface area contributed by atoms with E-state index in [0.717, 1.165) is 30.8 Å². The monoisotopic (exact) mass is 253 g/mol. The average molecular weight is 253 g/mol. The smallest absolute Gasteiger partial charge is 0.410 e. The van der Waals surface area contributed by atoms with E-state index in [9.17, 15) is 4.79 Å². The minimum Gasteiger partial charge on any atom is -0.444 e. The van der Waals surface area contributed by atoms with Crippen molar-refractivity contribution in [3.63, 3.8) is 0 Å². The Hall–Kier alpha value is -0.730. The maximum absolute atomic E-state index is 12.1. The van der Waals surface area contributed by atoms with E-state index in [0.29, 0.717) is 0 Å². The lowest BCUT2D eigenvalue weighted by atomic mass is 9.75. The molecule has 0 aromatic heterocycles. The topological polar surface area (TPSA) is 29.5 Å². The SMILES string of the molecule is CCC1CC[C@@H]2CN(C(=O)OC(C)(C)C)C[C@@H]2C1. The third kappa shape index (κ3) is 3.18. The van der Waals surface area contributed by atoms with Crippen molar-refractivity contribution in [1.82, 2.24) is 4.90 Å². The molecule has 2 aliphatic rings. The molecule has 0 bridgehead atoms.